The van der Waals surface area contributed by atoms with Crippen LogP contribution < -0.4 is 21.4 Å². The van der Waals surface area contributed by atoms with Gasteiger partial charge in [0.05, 0.1) is 17.9 Å². The lowest BCUT2D eigenvalue weighted by Crippen LogP contribution is -2.27. The first kappa shape index (κ1) is 22.1. The van der Waals surface area contributed by atoms with Gasteiger partial charge >= 0.3 is 5.69 Å². The molecule has 36 heavy (non-hydrogen) atoms. The van der Waals surface area contributed by atoms with E-state index in [2.05, 4.69) is 15.1 Å². The minimum absolute atomic E-state index is 0.210. The summed E-state index contributed by atoms with van der Waals surface area (Å²) in [6.45, 7) is 0. The first-order chi connectivity index (χ1) is 17.5. The van der Waals surface area contributed by atoms with Crippen molar-refractivity contribution >= 4 is 35.0 Å². The summed E-state index contributed by atoms with van der Waals surface area (Å²) in [7, 11) is 1.89. The number of aromatic amines is 2. The van der Waals surface area contributed by atoms with Gasteiger partial charge in [-0.25, -0.2) is 9.79 Å². The zero-order valence-corrected chi connectivity index (χ0v) is 19.9. The minimum atomic E-state index is -0.507. The summed E-state index contributed by atoms with van der Waals surface area (Å²) in [6, 6.07) is 15.8. The molecule has 0 atom stereocenters. The Bertz CT molecular complexity index is 1780. The van der Waals surface area contributed by atoms with Gasteiger partial charge in [-0.3, -0.25) is 4.98 Å². The molecule has 5 aromatic rings. The highest BCUT2D eigenvalue weighted by Gasteiger charge is 2.22. The molecule has 0 bridgehead atoms. The molecular formula is C25H21ClN8O2. The lowest BCUT2D eigenvalue weighted by molar-refractivity contribution is 0.454. The molecule has 180 valence electrons. The monoisotopic (exact) mass is 500 g/mol. The van der Waals surface area contributed by atoms with Crippen molar-refractivity contribution in [1.82, 2.24) is 29.5 Å². The van der Waals surface area contributed by atoms with Crippen molar-refractivity contribution in [3.63, 3.8) is 0 Å². The molecule has 3 aromatic heterocycles. The van der Waals surface area contributed by atoms with Crippen LogP contribution in [-0.4, -0.2) is 47.7 Å². The molecular weight excluding hydrogens is 480 g/mol. The lowest BCUT2D eigenvalue weighted by Gasteiger charge is -2.21. The van der Waals surface area contributed by atoms with E-state index in [0.717, 1.165) is 29.7 Å². The van der Waals surface area contributed by atoms with Gasteiger partial charge in [0.2, 0.25) is 11.8 Å². The van der Waals surface area contributed by atoms with E-state index in [4.69, 9.17) is 26.6 Å². The maximum Gasteiger partial charge on any atom is 0.326 e. The van der Waals surface area contributed by atoms with E-state index in [1.54, 1.807) is 16.8 Å². The van der Waals surface area contributed by atoms with Crippen molar-refractivity contribution in [1.29, 1.82) is 0 Å². The molecule has 10 nitrogen and oxygen atoms in total. The Labute approximate surface area is 209 Å². The van der Waals surface area contributed by atoms with Crippen molar-refractivity contribution in [3.05, 3.63) is 86.8 Å². The molecule has 0 unspecified atom stereocenters. The topological polar surface area (TPSA) is 128 Å². The first-order valence-electron chi connectivity index (χ1n) is 11.4. The summed E-state index contributed by atoms with van der Waals surface area (Å²) in [5.41, 5.74) is 3.49. The molecule has 0 saturated heterocycles. The molecule has 1 aliphatic rings. The number of hydrogen-bond acceptors (Lipinski definition) is 7. The third kappa shape index (κ3) is 4.11. The van der Waals surface area contributed by atoms with Gasteiger partial charge in [0, 0.05) is 22.9 Å². The standard InChI is InChI=1S/C25H21ClN8O2/c1-33(20-8-3-2-7-18(20)14-5-4-6-16(26)11-14)23-30-21-15(12-19-22(35)31-25(36)29-19)13-27-34(21)24(32-23)28-17-9-10-17/h2-8,11-13,17,35H,9-10H2,1H3,(H2,29,31,36). The van der Waals surface area contributed by atoms with Gasteiger partial charge in [-0.2, -0.15) is 19.6 Å². The minimum Gasteiger partial charge on any atom is -0.493 e. The van der Waals surface area contributed by atoms with Crippen molar-refractivity contribution in [2.45, 2.75) is 18.9 Å². The normalized spacial score (nSPS) is 14.6. The highest BCUT2D eigenvalue weighted by Crippen LogP contribution is 2.33. The van der Waals surface area contributed by atoms with E-state index >= 15 is 0 Å². The van der Waals surface area contributed by atoms with Gasteiger partial charge in [0.25, 0.3) is 5.62 Å². The number of nitrogens with zero attached hydrogens (tertiary/aromatic N) is 6. The van der Waals surface area contributed by atoms with Crippen LogP contribution in [0.4, 0.5) is 11.6 Å². The SMILES string of the molecule is CN(c1nc(=NC2CC2)n2ncc(=Cc3[nH]c(=O)[nH]c3O)c2n1)c1ccccc1-c1cccc(Cl)c1. The number of rotatable bonds is 5. The van der Waals surface area contributed by atoms with E-state index in [0.29, 0.717) is 27.5 Å². The van der Waals surface area contributed by atoms with E-state index in [9.17, 15) is 9.90 Å². The van der Waals surface area contributed by atoms with Gasteiger partial charge in [0.15, 0.2) is 5.65 Å². The second-order valence-corrected chi connectivity index (χ2v) is 9.03. The molecule has 0 spiro atoms. The fourth-order valence-corrected chi connectivity index (χ4v) is 4.18. The third-order valence-electron chi connectivity index (χ3n) is 5.95. The van der Waals surface area contributed by atoms with E-state index in [1.165, 1.54) is 0 Å². The highest BCUT2D eigenvalue weighted by atomic mass is 35.5. The van der Waals surface area contributed by atoms with Crippen LogP contribution in [0.3, 0.4) is 0 Å². The third-order valence-corrected chi connectivity index (χ3v) is 6.18. The van der Waals surface area contributed by atoms with Crippen LogP contribution in [0.15, 0.2) is 64.5 Å². The summed E-state index contributed by atoms with van der Waals surface area (Å²) in [5, 5.41) is 15.7. The van der Waals surface area contributed by atoms with E-state index in [1.807, 2.05) is 60.5 Å². The predicted molar refractivity (Wildman–Crippen MR) is 136 cm³/mol. The average molecular weight is 501 g/mol. The van der Waals surface area contributed by atoms with Crippen LogP contribution in [-0.2, 0) is 0 Å². The Morgan fingerprint density at radius 3 is 2.75 bits per heavy atom. The molecule has 3 heterocycles. The number of halogens is 1. The van der Waals surface area contributed by atoms with Gasteiger partial charge in [-0.15, -0.1) is 0 Å². The summed E-state index contributed by atoms with van der Waals surface area (Å²) < 4.78 is 1.58. The molecule has 0 amide bonds. The first-order valence-corrected chi connectivity index (χ1v) is 11.8. The summed E-state index contributed by atoms with van der Waals surface area (Å²) in [6.07, 6.45) is 5.22. The summed E-state index contributed by atoms with van der Waals surface area (Å²) in [4.78, 5) is 32.6. The largest absolute Gasteiger partial charge is 0.493 e. The van der Waals surface area contributed by atoms with Crippen molar-refractivity contribution in [3.8, 4) is 17.0 Å². The Hall–Kier alpha value is -4.44. The van der Waals surface area contributed by atoms with Crippen LogP contribution in [0.25, 0.3) is 22.9 Å². The van der Waals surface area contributed by atoms with E-state index < -0.39 is 5.69 Å². The molecule has 0 aliphatic heterocycles. The smallest absolute Gasteiger partial charge is 0.326 e. The van der Waals surface area contributed by atoms with Crippen molar-refractivity contribution in [2.75, 3.05) is 11.9 Å². The maximum absolute atomic E-state index is 11.6. The van der Waals surface area contributed by atoms with E-state index in [-0.39, 0.29) is 17.6 Å². The zero-order valence-electron chi connectivity index (χ0n) is 19.2. The predicted octanol–water partition coefficient (Wildman–Crippen LogP) is 2.55. The fourth-order valence-electron chi connectivity index (χ4n) is 3.99. The maximum atomic E-state index is 11.6. The number of nitrogens with one attached hydrogen (secondary N) is 2. The molecule has 6 rings (SSSR count). The van der Waals surface area contributed by atoms with Crippen LogP contribution in [0.2, 0.25) is 5.02 Å². The number of H-pyrrole nitrogens is 2. The van der Waals surface area contributed by atoms with Gasteiger partial charge < -0.3 is 15.0 Å². The number of benzene rings is 2. The Balaban J connectivity index is 1.54. The Morgan fingerprint density at radius 2 is 2.00 bits per heavy atom. The number of hydrogen-bond donors (Lipinski definition) is 3. The van der Waals surface area contributed by atoms with Crippen LogP contribution in [0.1, 0.15) is 18.5 Å². The molecule has 1 aliphatic carbocycles. The average Bonchev–Trinajstić information content (AvgIpc) is 3.51. The van der Waals surface area contributed by atoms with Gasteiger partial charge in [-0.1, -0.05) is 41.9 Å². The Morgan fingerprint density at radius 1 is 1.17 bits per heavy atom. The molecule has 0 radical (unpaired) electrons. The van der Waals surface area contributed by atoms with Crippen LogP contribution >= 0.6 is 11.6 Å². The van der Waals surface area contributed by atoms with Gasteiger partial charge in [-0.05, 0) is 42.7 Å². The lowest BCUT2D eigenvalue weighted by atomic mass is 10.0. The van der Waals surface area contributed by atoms with Crippen molar-refractivity contribution < 1.29 is 5.11 Å². The van der Waals surface area contributed by atoms with Crippen LogP contribution in [0, 0.1) is 0 Å². The van der Waals surface area contributed by atoms with Gasteiger partial charge in [0.1, 0.15) is 5.69 Å². The number of aromatic nitrogens is 6. The summed E-state index contributed by atoms with van der Waals surface area (Å²) >= 11 is 6.26. The number of para-hydroxylation sites is 1. The molecule has 11 heteroatoms. The molecule has 1 saturated carbocycles. The second kappa shape index (κ2) is 8.65. The number of anilines is 2. The zero-order chi connectivity index (χ0) is 24.8. The summed E-state index contributed by atoms with van der Waals surface area (Å²) in [5.74, 6) is 0.169. The highest BCUT2D eigenvalue weighted by molar-refractivity contribution is 6.30. The van der Waals surface area contributed by atoms with Crippen molar-refractivity contribution in [2.24, 2.45) is 4.99 Å². The molecule has 3 N–H and O–H groups in total. The quantitative estimate of drug-likeness (QED) is 0.340. The molecule has 2 aromatic carbocycles. The number of aromatic hydroxyl groups is 1. The van der Waals surface area contributed by atoms with Crippen LogP contribution in [0.5, 0.6) is 5.88 Å². The number of imidazole rings is 1. The Kier molecular flexibility index (Phi) is 5.30. The number of fused-ring (bicyclic) bond motifs is 1. The fraction of sp³-hybridized carbons (Fsp3) is 0.160. The second-order valence-electron chi connectivity index (χ2n) is 8.59. The molecule has 1 fully saturated rings.